The van der Waals surface area contributed by atoms with Crippen LogP contribution in [0.25, 0.3) is 5.69 Å². The maximum atomic E-state index is 12.4. The number of nitrogens with two attached hydrogens (primary N) is 1. The van der Waals surface area contributed by atoms with E-state index in [9.17, 15) is 13.2 Å². The van der Waals surface area contributed by atoms with Crippen LogP contribution in [0.3, 0.4) is 0 Å². The summed E-state index contributed by atoms with van der Waals surface area (Å²) in [6.45, 7) is -0.0127. The number of hydrogen-bond donors (Lipinski definition) is 1. The van der Waals surface area contributed by atoms with Crippen molar-refractivity contribution in [2.24, 2.45) is 0 Å². The maximum Gasteiger partial charge on any atom is 0.414 e. The molecule has 3 heterocycles. The van der Waals surface area contributed by atoms with Gasteiger partial charge in [0.15, 0.2) is 5.82 Å². The Hall–Kier alpha value is -3.71. The molecule has 2 N–H and O–H groups in total. The molecule has 3 aromatic rings. The Kier molecular flexibility index (Phi) is 4.48. The van der Waals surface area contributed by atoms with Crippen LogP contribution < -0.4 is 15.4 Å². The number of aromatic nitrogens is 4. The number of ether oxygens (including phenoxy) is 2. The lowest BCUT2D eigenvalue weighted by molar-refractivity contribution is 0.107. The van der Waals surface area contributed by atoms with Gasteiger partial charge in [-0.25, -0.2) is 4.79 Å². The fourth-order valence-corrected chi connectivity index (χ4v) is 4.30. The molecule has 12 nitrogen and oxygen atoms in total. The van der Waals surface area contributed by atoms with Gasteiger partial charge in [-0.05, 0) is 40.8 Å². The van der Waals surface area contributed by atoms with Gasteiger partial charge >= 0.3 is 6.09 Å². The lowest BCUT2D eigenvalue weighted by atomic mass is 10.2. The second kappa shape index (κ2) is 7.21. The smallest absolute Gasteiger partial charge is 0.414 e. The number of nitrogen functional groups attached to an aromatic ring is 1. The average molecular weight is 444 g/mol. The van der Waals surface area contributed by atoms with E-state index in [1.807, 2.05) is 0 Å². The third-order valence-corrected chi connectivity index (χ3v) is 6.08. The summed E-state index contributed by atoms with van der Waals surface area (Å²) in [6.07, 6.45) is -1.39. The Bertz CT molecular complexity index is 1280. The summed E-state index contributed by atoms with van der Waals surface area (Å²) in [7, 11) is -4.04. The molecule has 0 spiro atoms. The van der Waals surface area contributed by atoms with E-state index in [4.69, 9.17) is 19.4 Å². The molecule has 1 aromatic heterocycles. The third-order valence-electron chi connectivity index (χ3n) is 4.80. The van der Waals surface area contributed by atoms with Gasteiger partial charge in [0, 0.05) is 11.8 Å². The van der Waals surface area contributed by atoms with Crippen molar-refractivity contribution < 1.29 is 26.9 Å². The zero-order valence-electron chi connectivity index (χ0n) is 15.9. The normalized spacial score (nSPS) is 17.6. The lowest BCUT2D eigenvalue weighted by Crippen LogP contribution is -2.27. The summed E-state index contributed by atoms with van der Waals surface area (Å²) in [5.74, 6) is 1.08. The fourth-order valence-electron chi connectivity index (χ4n) is 3.31. The monoisotopic (exact) mass is 444 g/mol. The minimum atomic E-state index is -4.04. The number of hydrogen-bond acceptors (Lipinski definition) is 10. The number of fused-ring (bicyclic) bond motifs is 3. The van der Waals surface area contributed by atoms with Crippen LogP contribution in [0, 0.1) is 0 Å². The van der Waals surface area contributed by atoms with E-state index < -0.39 is 22.3 Å². The van der Waals surface area contributed by atoms with Crippen LogP contribution in [0.4, 0.5) is 16.2 Å². The van der Waals surface area contributed by atoms with E-state index in [0.717, 1.165) is 0 Å². The molecule has 1 atom stereocenters. The lowest BCUT2D eigenvalue weighted by Gasteiger charge is -2.20. The standard InChI is InChI=1S/C18H16N6O6S/c19-11-2-1-3-14(6-11)31(26,27)29-9-13-8-23(18(25)30-13)12-4-5-15-16(7-12)28-10-17-20-21-22-24(15)17/h1-7,13H,8-10,19H2. The van der Waals surface area contributed by atoms with Gasteiger partial charge < -0.3 is 15.2 Å². The fraction of sp³-hybridized carbons (Fsp3) is 0.222. The summed E-state index contributed by atoms with van der Waals surface area (Å²) in [5.41, 5.74) is 7.10. The molecule has 1 unspecified atom stereocenters. The highest BCUT2D eigenvalue weighted by Gasteiger charge is 2.34. The molecule has 0 bridgehead atoms. The first-order chi connectivity index (χ1) is 14.9. The van der Waals surface area contributed by atoms with Crippen LogP contribution in [0.1, 0.15) is 5.82 Å². The summed E-state index contributed by atoms with van der Waals surface area (Å²) in [5, 5.41) is 11.4. The van der Waals surface area contributed by atoms with Gasteiger partial charge in [0.1, 0.15) is 30.8 Å². The molecule has 31 heavy (non-hydrogen) atoms. The molecule has 2 aliphatic heterocycles. The molecule has 160 valence electrons. The van der Waals surface area contributed by atoms with Crippen LogP contribution >= 0.6 is 0 Å². The van der Waals surface area contributed by atoms with Gasteiger partial charge in [-0.15, -0.1) is 5.10 Å². The molecule has 1 amide bonds. The van der Waals surface area contributed by atoms with Crippen LogP contribution in [0.5, 0.6) is 5.75 Å². The van der Waals surface area contributed by atoms with E-state index in [2.05, 4.69) is 15.5 Å². The Balaban J connectivity index is 1.29. The Morgan fingerprint density at radius 2 is 2.10 bits per heavy atom. The number of cyclic esters (lactones) is 1. The Labute approximate surface area is 176 Å². The number of carbonyl (C=O) groups is 1. The molecule has 1 saturated heterocycles. The third kappa shape index (κ3) is 3.53. The molecule has 2 aliphatic rings. The second-order valence-electron chi connectivity index (χ2n) is 6.88. The first-order valence-electron chi connectivity index (χ1n) is 9.18. The van der Waals surface area contributed by atoms with Crippen molar-refractivity contribution in [2.45, 2.75) is 17.6 Å². The Morgan fingerprint density at radius 1 is 1.23 bits per heavy atom. The minimum absolute atomic E-state index is 0.0671. The summed E-state index contributed by atoms with van der Waals surface area (Å²) in [6, 6.07) is 10.9. The van der Waals surface area contributed by atoms with E-state index in [0.29, 0.717) is 28.6 Å². The zero-order chi connectivity index (χ0) is 21.6. The van der Waals surface area contributed by atoms with E-state index >= 15 is 0 Å². The van der Waals surface area contributed by atoms with Crippen molar-refractivity contribution in [3.8, 4) is 11.4 Å². The highest BCUT2D eigenvalue weighted by Crippen LogP contribution is 2.33. The molecule has 0 aliphatic carbocycles. The number of carbonyl (C=O) groups excluding carboxylic acids is 1. The van der Waals surface area contributed by atoms with Crippen LogP contribution in [-0.4, -0.2) is 54.0 Å². The van der Waals surface area contributed by atoms with Gasteiger partial charge in [-0.1, -0.05) is 6.07 Å². The number of benzene rings is 2. The van der Waals surface area contributed by atoms with Crippen LogP contribution in [0.15, 0.2) is 47.4 Å². The number of nitrogens with zero attached hydrogens (tertiary/aromatic N) is 5. The molecule has 13 heteroatoms. The zero-order valence-corrected chi connectivity index (χ0v) is 16.7. The maximum absolute atomic E-state index is 12.4. The predicted molar refractivity (Wildman–Crippen MR) is 105 cm³/mol. The van der Waals surface area contributed by atoms with Crippen LogP contribution in [-0.2, 0) is 25.6 Å². The molecule has 0 saturated carbocycles. The summed E-state index contributed by atoms with van der Waals surface area (Å²) < 4.78 is 42.3. The number of anilines is 2. The first-order valence-corrected chi connectivity index (χ1v) is 10.6. The molecule has 1 fully saturated rings. The van der Waals surface area contributed by atoms with E-state index in [1.54, 1.807) is 28.9 Å². The van der Waals surface area contributed by atoms with E-state index in [-0.39, 0.29) is 24.7 Å². The van der Waals surface area contributed by atoms with Crippen LogP contribution in [0.2, 0.25) is 0 Å². The van der Waals surface area contributed by atoms with Crippen molar-refractivity contribution in [1.29, 1.82) is 0 Å². The largest absolute Gasteiger partial charge is 0.483 e. The van der Waals surface area contributed by atoms with Gasteiger partial charge in [-0.2, -0.15) is 13.1 Å². The second-order valence-corrected chi connectivity index (χ2v) is 8.49. The molecular formula is C18H16N6O6S. The van der Waals surface area contributed by atoms with Gasteiger partial charge in [0.25, 0.3) is 10.1 Å². The molecular weight excluding hydrogens is 428 g/mol. The van der Waals surface area contributed by atoms with Gasteiger partial charge in [0.2, 0.25) is 0 Å². The number of tetrazole rings is 1. The number of amides is 1. The average Bonchev–Trinajstić information content (AvgIpc) is 3.38. The molecule has 5 rings (SSSR count). The highest BCUT2D eigenvalue weighted by molar-refractivity contribution is 7.86. The van der Waals surface area contributed by atoms with Crippen molar-refractivity contribution in [2.75, 3.05) is 23.8 Å². The topological polar surface area (TPSA) is 152 Å². The summed E-state index contributed by atoms with van der Waals surface area (Å²) >= 11 is 0. The minimum Gasteiger partial charge on any atom is -0.483 e. The van der Waals surface area contributed by atoms with Crippen molar-refractivity contribution >= 4 is 27.6 Å². The summed E-state index contributed by atoms with van der Waals surface area (Å²) in [4.78, 5) is 13.7. The Morgan fingerprint density at radius 3 is 2.94 bits per heavy atom. The van der Waals surface area contributed by atoms with Crippen molar-refractivity contribution in [1.82, 2.24) is 20.2 Å². The molecule has 2 aromatic carbocycles. The van der Waals surface area contributed by atoms with Crippen molar-refractivity contribution in [3.05, 3.63) is 48.3 Å². The molecule has 0 radical (unpaired) electrons. The quantitative estimate of drug-likeness (QED) is 0.443. The van der Waals surface area contributed by atoms with Crippen molar-refractivity contribution in [3.63, 3.8) is 0 Å². The van der Waals surface area contributed by atoms with Gasteiger partial charge in [-0.3, -0.25) is 9.08 Å². The van der Waals surface area contributed by atoms with Gasteiger partial charge in [0.05, 0.1) is 17.1 Å². The highest BCUT2D eigenvalue weighted by atomic mass is 32.2. The first kappa shape index (κ1) is 19.3. The number of rotatable bonds is 5. The predicted octanol–water partition coefficient (Wildman–Crippen LogP) is 0.868. The SMILES string of the molecule is Nc1cccc(S(=O)(=O)OCC2CN(c3ccc4c(c3)OCc3nnnn3-4)C(=O)O2)c1. The van der Waals surface area contributed by atoms with E-state index in [1.165, 1.54) is 23.1 Å².